The summed E-state index contributed by atoms with van der Waals surface area (Å²) < 4.78 is 5.02. The maximum Gasteiger partial charge on any atom is 0.308 e. The Morgan fingerprint density at radius 1 is 0.630 bits per heavy atom. The molecule has 0 saturated carbocycles. The van der Waals surface area contributed by atoms with Gasteiger partial charge in [-0.3, -0.25) is 4.79 Å². The Kier molecular flexibility index (Phi) is 14.8. The molecule has 4 aromatic carbocycles. The van der Waals surface area contributed by atoms with Crippen molar-refractivity contribution >= 4 is 87.6 Å². The van der Waals surface area contributed by atoms with Crippen LogP contribution in [-0.4, -0.2) is 35.9 Å². The second-order valence-corrected chi connectivity index (χ2v) is 13.7. The Morgan fingerprint density at radius 2 is 1.09 bits per heavy atom. The van der Waals surface area contributed by atoms with Gasteiger partial charge in [-0.15, -0.1) is 0 Å². The summed E-state index contributed by atoms with van der Waals surface area (Å²) in [5, 5.41) is 7.86. The molecule has 0 fully saturated rings. The number of hydrogen-bond donors (Lipinski definition) is 4. The highest BCUT2D eigenvalue weighted by molar-refractivity contribution is 7.99. The maximum absolute atomic E-state index is 11.0. The first-order valence-electron chi connectivity index (χ1n) is 15.9. The molecule has 0 saturated heterocycles. The molecule has 0 aliphatic rings. The third-order valence-corrected chi connectivity index (χ3v) is 9.08. The molecule has 54 heavy (non-hydrogen) atoms. The van der Waals surface area contributed by atoms with E-state index in [9.17, 15) is 4.79 Å². The molecular formula is C38H32Cl2N10O2S2. The van der Waals surface area contributed by atoms with Gasteiger partial charge in [0.1, 0.15) is 23.7 Å². The van der Waals surface area contributed by atoms with Crippen LogP contribution in [0.5, 0.6) is 5.75 Å². The molecule has 3 heterocycles. The Labute approximate surface area is 330 Å². The van der Waals surface area contributed by atoms with Gasteiger partial charge < -0.3 is 26.8 Å². The summed E-state index contributed by atoms with van der Waals surface area (Å²) in [6, 6.07) is 33.6. The van der Waals surface area contributed by atoms with Gasteiger partial charge in [-0.2, -0.15) is 9.97 Å². The summed E-state index contributed by atoms with van der Waals surface area (Å²) in [4.78, 5) is 38.8. The molecule has 16 heteroatoms. The number of nitrogens with zero attached hydrogens (tertiary/aromatic N) is 6. The molecule has 7 aromatic rings. The minimum absolute atomic E-state index is 0.171. The predicted octanol–water partition coefficient (Wildman–Crippen LogP) is 9.62. The van der Waals surface area contributed by atoms with Crippen LogP contribution < -0.4 is 26.8 Å². The second kappa shape index (κ2) is 20.3. The van der Waals surface area contributed by atoms with Crippen molar-refractivity contribution in [1.82, 2.24) is 29.9 Å². The van der Waals surface area contributed by atoms with Gasteiger partial charge in [-0.25, -0.2) is 19.9 Å². The molecule has 0 unspecified atom stereocenters. The summed E-state index contributed by atoms with van der Waals surface area (Å²) in [6.07, 6.45) is 8.25. The van der Waals surface area contributed by atoms with Crippen LogP contribution in [0.25, 0.3) is 0 Å². The van der Waals surface area contributed by atoms with E-state index in [0.717, 1.165) is 31.0 Å². The summed E-state index contributed by atoms with van der Waals surface area (Å²) in [5.41, 5.74) is 13.2. The fourth-order valence-corrected chi connectivity index (χ4v) is 6.08. The number of carbonyl (C=O) groups is 1. The van der Waals surface area contributed by atoms with Gasteiger partial charge in [0, 0.05) is 62.9 Å². The number of carbonyl (C=O) groups excluding carboxylic acids is 1. The molecule has 0 aliphatic heterocycles. The number of ether oxygens (including phenoxy) is 1. The van der Waals surface area contributed by atoms with Gasteiger partial charge in [0.15, 0.2) is 0 Å². The van der Waals surface area contributed by atoms with Crippen molar-refractivity contribution in [2.75, 3.05) is 22.1 Å². The highest BCUT2D eigenvalue weighted by Crippen LogP contribution is 2.35. The van der Waals surface area contributed by atoms with Crippen molar-refractivity contribution in [1.29, 1.82) is 0 Å². The lowest BCUT2D eigenvalue weighted by Crippen LogP contribution is -2.03. The molecule has 0 aliphatic carbocycles. The van der Waals surface area contributed by atoms with Gasteiger partial charge >= 0.3 is 5.97 Å². The van der Waals surface area contributed by atoms with Crippen molar-refractivity contribution in [3.05, 3.63) is 150 Å². The van der Waals surface area contributed by atoms with Gasteiger partial charge in [-0.1, -0.05) is 64.9 Å². The Morgan fingerprint density at radius 3 is 1.50 bits per heavy atom. The van der Waals surface area contributed by atoms with E-state index >= 15 is 0 Å². The van der Waals surface area contributed by atoms with E-state index in [1.165, 1.54) is 25.0 Å². The van der Waals surface area contributed by atoms with Crippen LogP contribution in [0.4, 0.5) is 34.9 Å². The second-order valence-electron chi connectivity index (χ2n) is 10.6. The third-order valence-electron chi connectivity index (χ3n) is 6.52. The fourth-order valence-electron chi connectivity index (χ4n) is 4.18. The van der Waals surface area contributed by atoms with Crippen LogP contribution in [-0.2, 0) is 4.79 Å². The first-order valence-corrected chi connectivity index (χ1v) is 18.3. The smallest absolute Gasteiger partial charge is 0.308 e. The molecule has 0 spiro atoms. The zero-order valence-electron chi connectivity index (χ0n) is 28.5. The number of nitrogens with two attached hydrogens (primary N) is 2. The van der Waals surface area contributed by atoms with Crippen LogP contribution >= 0.6 is 46.7 Å². The van der Waals surface area contributed by atoms with E-state index < -0.39 is 0 Å². The maximum atomic E-state index is 11.0. The van der Waals surface area contributed by atoms with E-state index in [1.807, 2.05) is 78.9 Å². The first-order chi connectivity index (χ1) is 26.2. The summed E-state index contributed by atoms with van der Waals surface area (Å²) >= 11 is 14.9. The minimum Gasteiger partial charge on any atom is -0.427 e. The Hall–Kier alpha value is -5.93. The van der Waals surface area contributed by atoms with Gasteiger partial charge in [0.2, 0.25) is 11.9 Å². The van der Waals surface area contributed by atoms with Crippen LogP contribution in [0.2, 0.25) is 10.0 Å². The van der Waals surface area contributed by atoms with E-state index in [-0.39, 0.29) is 17.9 Å². The SMILES string of the molecule is CC(=O)Oc1ccc(Nc2nc(N)ncc2Sc2ccc(Cl)cc2)cc1.Nc1ncc(Sc2ccc(Cl)cc2)c(Nc2ccccc2)n1.c1cncnc1. The number of aromatic nitrogens is 6. The highest BCUT2D eigenvalue weighted by atomic mass is 35.5. The van der Waals surface area contributed by atoms with Crippen LogP contribution in [0.1, 0.15) is 6.92 Å². The van der Waals surface area contributed by atoms with Crippen molar-refractivity contribution in [2.24, 2.45) is 0 Å². The van der Waals surface area contributed by atoms with Crippen LogP contribution in [0.3, 0.4) is 0 Å². The number of para-hydroxylation sites is 1. The van der Waals surface area contributed by atoms with Crippen molar-refractivity contribution in [2.45, 2.75) is 26.5 Å². The predicted molar refractivity (Wildman–Crippen MR) is 217 cm³/mol. The number of rotatable bonds is 9. The lowest BCUT2D eigenvalue weighted by Gasteiger charge is -2.11. The largest absolute Gasteiger partial charge is 0.427 e. The highest BCUT2D eigenvalue weighted by Gasteiger charge is 2.11. The summed E-state index contributed by atoms with van der Waals surface area (Å²) in [5.74, 6) is 1.77. The number of hydrogen-bond acceptors (Lipinski definition) is 14. The average Bonchev–Trinajstić information content (AvgIpc) is 3.18. The lowest BCUT2D eigenvalue weighted by molar-refractivity contribution is -0.131. The standard InChI is InChI=1S/C18H15ClN4O2S.C16H13ClN4S.C4H4N2/c1-11(24)25-14-6-4-13(5-7-14)22-17-16(10-21-18(20)23-17)26-15-8-2-12(19)3-9-15;17-11-6-8-13(9-7-11)22-14-10-19-16(18)21-15(14)20-12-4-2-1-3-5-12;1-2-5-4-6-3-1/h2-10H,1H3,(H3,20,21,22,23);1-10H,(H3,18,19,20,21);1-4H. The van der Waals surface area contributed by atoms with E-state index in [2.05, 4.69) is 40.5 Å². The molecule has 12 nitrogen and oxygen atoms in total. The van der Waals surface area contributed by atoms with Gasteiger partial charge in [-0.05, 0) is 91.0 Å². The van der Waals surface area contributed by atoms with E-state index in [4.69, 9.17) is 39.4 Å². The Bertz CT molecular complexity index is 2200. The molecule has 0 atom stereocenters. The first kappa shape index (κ1) is 39.3. The van der Waals surface area contributed by atoms with E-state index in [1.54, 1.807) is 66.9 Å². The van der Waals surface area contributed by atoms with Gasteiger partial charge in [0.05, 0.1) is 9.79 Å². The number of benzene rings is 4. The van der Waals surface area contributed by atoms with Crippen molar-refractivity contribution < 1.29 is 9.53 Å². The number of nitrogens with one attached hydrogen (secondary N) is 2. The molecule has 3 aromatic heterocycles. The topological polar surface area (TPSA) is 180 Å². The monoisotopic (exact) mass is 794 g/mol. The summed E-state index contributed by atoms with van der Waals surface area (Å²) in [7, 11) is 0. The van der Waals surface area contributed by atoms with Gasteiger partial charge in [0.25, 0.3) is 0 Å². The zero-order valence-corrected chi connectivity index (χ0v) is 31.7. The number of nitrogen functional groups attached to an aromatic ring is 2. The number of esters is 1. The lowest BCUT2D eigenvalue weighted by atomic mass is 10.3. The molecule has 272 valence electrons. The van der Waals surface area contributed by atoms with Crippen LogP contribution in [0, 0.1) is 0 Å². The minimum atomic E-state index is -0.365. The van der Waals surface area contributed by atoms with Crippen LogP contribution in [0.15, 0.2) is 160 Å². The molecule has 0 radical (unpaired) electrons. The number of halogens is 2. The average molecular weight is 796 g/mol. The normalized spacial score (nSPS) is 10.1. The van der Waals surface area contributed by atoms with Crippen molar-refractivity contribution in [3.8, 4) is 5.75 Å². The van der Waals surface area contributed by atoms with Crippen molar-refractivity contribution in [3.63, 3.8) is 0 Å². The zero-order chi connectivity index (χ0) is 38.1. The quantitative estimate of drug-likeness (QED) is 0.0801. The Balaban J connectivity index is 0.000000181. The fraction of sp³-hybridized carbons (Fsp3) is 0.0263. The molecule has 0 bridgehead atoms. The molecule has 7 rings (SSSR count). The van der Waals surface area contributed by atoms with E-state index in [0.29, 0.717) is 27.4 Å². The molecular weight excluding hydrogens is 764 g/mol. The number of anilines is 6. The molecule has 0 amide bonds. The summed E-state index contributed by atoms with van der Waals surface area (Å²) in [6.45, 7) is 1.36. The third kappa shape index (κ3) is 13.2. The molecule has 6 N–H and O–H groups in total.